The summed E-state index contributed by atoms with van der Waals surface area (Å²) in [5.41, 5.74) is 1.59. The second-order valence-electron chi connectivity index (χ2n) is 6.97. The number of aromatic hydroxyl groups is 1. The molecule has 0 aromatic heterocycles. The number of piperidine rings is 1. The van der Waals surface area contributed by atoms with Gasteiger partial charge < -0.3 is 5.11 Å². The van der Waals surface area contributed by atoms with Gasteiger partial charge >= 0.3 is 0 Å². The molecule has 2 aromatic rings. The molecule has 2 aromatic carbocycles. The fourth-order valence-electron chi connectivity index (χ4n) is 3.89. The summed E-state index contributed by atoms with van der Waals surface area (Å²) in [7, 11) is 0. The third kappa shape index (κ3) is 3.09. The summed E-state index contributed by atoms with van der Waals surface area (Å²) in [5.74, 6) is 0.507. The predicted octanol–water partition coefficient (Wildman–Crippen LogP) is 4.02. The van der Waals surface area contributed by atoms with E-state index in [-0.39, 0.29) is 17.2 Å². The van der Waals surface area contributed by atoms with E-state index in [0.717, 1.165) is 30.5 Å². The first-order valence-corrected chi connectivity index (χ1v) is 8.63. The topological polar surface area (TPSA) is 40.5 Å². The Labute approximate surface area is 143 Å². The van der Waals surface area contributed by atoms with Gasteiger partial charge in [0.15, 0.2) is 5.78 Å². The van der Waals surface area contributed by atoms with E-state index in [1.54, 1.807) is 6.07 Å². The Morgan fingerprint density at radius 1 is 1.17 bits per heavy atom. The van der Waals surface area contributed by atoms with E-state index < -0.39 is 0 Å². The number of benzene rings is 2. The lowest BCUT2D eigenvalue weighted by molar-refractivity contribution is 0.0682. The van der Waals surface area contributed by atoms with Gasteiger partial charge in [-0.25, -0.2) is 0 Å². The van der Waals surface area contributed by atoms with Crippen molar-refractivity contribution >= 4 is 5.78 Å². The number of hydrogen-bond donors (Lipinski definition) is 1. The molecule has 1 N–H and O–H groups in total. The Bertz CT molecular complexity index is 713. The standard InChI is InChI=1S/C21H25NO2/c1-16-21(2,18-11-6-7-12-19(18)23)13-8-14-22(16)15-20(24)17-9-4-3-5-10-17/h3-7,9-12,16,23H,8,13-15H2,1-2H3. The summed E-state index contributed by atoms with van der Waals surface area (Å²) >= 11 is 0. The second-order valence-corrected chi connectivity index (χ2v) is 6.97. The molecule has 24 heavy (non-hydrogen) atoms. The molecule has 2 atom stereocenters. The van der Waals surface area contributed by atoms with Crippen molar-refractivity contribution in [3.8, 4) is 5.75 Å². The first-order chi connectivity index (χ1) is 11.5. The van der Waals surface area contributed by atoms with Crippen molar-refractivity contribution in [3.05, 3.63) is 65.7 Å². The van der Waals surface area contributed by atoms with Crippen molar-refractivity contribution in [1.82, 2.24) is 4.90 Å². The molecular weight excluding hydrogens is 298 g/mol. The molecule has 1 aliphatic heterocycles. The van der Waals surface area contributed by atoms with E-state index in [9.17, 15) is 9.90 Å². The second kappa shape index (κ2) is 6.78. The van der Waals surface area contributed by atoms with Gasteiger partial charge in [-0.2, -0.15) is 0 Å². The molecule has 1 heterocycles. The van der Waals surface area contributed by atoms with Crippen LogP contribution >= 0.6 is 0 Å². The minimum atomic E-state index is -0.152. The van der Waals surface area contributed by atoms with Gasteiger partial charge in [0.1, 0.15) is 5.75 Å². The van der Waals surface area contributed by atoms with Crippen molar-refractivity contribution in [3.63, 3.8) is 0 Å². The third-order valence-electron chi connectivity index (χ3n) is 5.57. The van der Waals surface area contributed by atoms with Crippen molar-refractivity contribution in [1.29, 1.82) is 0 Å². The first-order valence-electron chi connectivity index (χ1n) is 8.63. The van der Waals surface area contributed by atoms with Gasteiger partial charge in [0.25, 0.3) is 0 Å². The van der Waals surface area contributed by atoms with Gasteiger partial charge in [0, 0.05) is 22.6 Å². The molecule has 3 heteroatoms. The molecule has 0 saturated carbocycles. The molecule has 3 nitrogen and oxygen atoms in total. The van der Waals surface area contributed by atoms with Gasteiger partial charge in [-0.3, -0.25) is 9.69 Å². The van der Waals surface area contributed by atoms with Crippen LogP contribution in [0.5, 0.6) is 5.75 Å². The van der Waals surface area contributed by atoms with Gasteiger partial charge in [-0.1, -0.05) is 55.5 Å². The number of hydrogen-bond acceptors (Lipinski definition) is 3. The highest BCUT2D eigenvalue weighted by atomic mass is 16.3. The molecule has 0 spiro atoms. The van der Waals surface area contributed by atoms with Gasteiger partial charge in [-0.05, 0) is 32.4 Å². The Hall–Kier alpha value is -2.13. The summed E-state index contributed by atoms with van der Waals surface area (Å²) in [6.45, 7) is 5.72. The average Bonchev–Trinajstić information content (AvgIpc) is 2.60. The van der Waals surface area contributed by atoms with Crippen LogP contribution in [0.25, 0.3) is 0 Å². The lowest BCUT2D eigenvalue weighted by atomic mass is 9.70. The zero-order valence-electron chi connectivity index (χ0n) is 14.4. The summed E-state index contributed by atoms with van der Waals surface area (Å²) < 4.78 is 0. The fourth-order valence-corrected chi connectivity index (χ4v) is 3.89. The number of carbonyl (C=O) groups is 1. The molecule has 2 unspecified atom stereocenters. The number of nitrogens with zero attached hydrogens (tertiary/aromatic N) is 1. The largest absolute Gasteiger partial charge is 0.508 e. The maximum Gasteiger partial charge on any atom is 0.176 e. The number of para-hydroxylation sites is 1. The number of rotatable bonds is 4. The summed E-state index contributed by atoms with van der Waals surface area (Å²) in [5, 5.41) is 10.3. The molecular formula is C21H25NO2. The van der Waals surface area contributed by atoms with Crippen molar-refractivity contribution in [2.24, 2.45) is 0 Å². The SMILES string of the molecule is CC1N(CC(=O)c2ccccc2)CCCC1(C)c1ccccc1O. The monoisotopic (exact) mass is 323 g/mol. The number of carbonyl (C=O) groups excluding carboxylic acids is 1. The lowest BCUT2D eigenvalue weighted by Crippen LogP contribution is -2.53. The van der Waals surface area contributed by atoms with Crippen LogP contribution in [0.3, 0.4) is 0 Å². The number of likely N-dealkylation sites (tertiary alicyclic amines) is 1. The minimum Gasteiger partial charge on any atom is -0.508 e. The van der Waals surface area contributed by atoms with E-state index in [0.29, 0.717) is 12.3 Å². The molecule has 126 valence electrons. The number of Topliss-reactive ketones (excluding diaryl/α,β-unsaturated/α-hetero) is 1. The molecule has 0 amide bonds. The molecule has 0 aliphatic carbocycles. The highest BCUT2D eigenvalue weighted by Gasteiger charge is 2.41. The van der Waals surface area contributed by atoms with E-state index in [2.05, 4.69) is 18.7 Å². The van der Waals surface area contributed by atoms with Crippen LogP contribution in [0.4, 0.5) is 0 Å². The molecule has 1 fully saturated rings. The van der Waals surface area contributed by atoms with Crippen LogP contribution < -0.4 is 0 Å². The van der Waals surface area contributed by atoms with Gasteiger partial charge in [0.05, 0.1) is 6.54 Å². The van der Waals surface area contributed by atoms with Crippen molar-refractivity contribution < 1.29 is 9.90 Å². The number of ketones is 1. The maximum atomic E-state index is 12.6. The van der Waals surface area contributed by atoms with Crippen LogP contribution in [0.15, 0.2) is 54.6 Å². The molecule has 3 rings (SSSR count). The molecule has 1 aliphatic rings. The van der Waals surface area contributed by atoms with E-state index in [1.807, 2.05) is 48.5 Å². The quantitative estimate of drug-likeness (QED) is 0.864. The number of phenols is 1. The zero-order chi connectivity index (χ0) is 17.2. The Balaban J connectivity index is 1.81. The van der Waals surface area contributed by atoms with E-state index >= 15 is 0 Å². The van der Waals surface area contributed by atoms with Gasteiger partial charge in [0.2, 0.25) is 0 Å². The summed E-state index contributed by atoms with van der Waals surface area (Å²) in [6.07, 6.45) is 2.04. The van der Waals surface area contributed by atoms with Crippen LogP contribution in [0.2, 0.25) is 0 Å². The van der Waals surface area contributed by atoms with Crippen LogP contribution in [-0.2, 0) is 5.41 Å². The average molecular weight is 323 g/mol. The highest BCUT2D eigenvalue weighted by molar-refractivity contribution is 5.97. The van der Waals surface area contributed by atoms with Crippen LogP contribution in [0.1, 0.15) is 42.6 Å². The normalized spacial score (nSPS) is 24.7. The third-order valence-corrected chi connectivity index (χ3v) is 5.57. The molecule has 1 saturated heterocycles. The highest BCUT2D eigenvalue weighted by Crippen LogP contribution is 2.42. The van der Waals surface area contributed by atoms with Gasteiger partial charge in [-0.15, -0.1) is 0 Å². The Kier molecular flexibility index (Phi) is 4.72. The van der Waals surface area contributed by atoms with E-state index in [4.69, 9.17) is 0 Å². The van der Waals surface area contributed by atoms with Crippen molar-refractivity contribution in [2.75, 3.05) is 13.1 Å². The Morgan fingerprint density at radius 2 is 1.83 bits per heavy atom. The fraction of sp³-hybridized carbons (Fsp3) is 0.381. The Morgan fingerprint density at radius 3 is 2.54 bits per heavy atom. The zero-order valence-corrected chi connectivity index (χ0v) is 14.4. The smallest absolute Gasteiger partial charge is 0.176 e. The van der Waals surface area contributed by atoms with Crippen LogP contribution in [0, 0.1) is 0 Å². The minimum absolute atomic E-state index is 0.152. The van der Waals surface area contributed by atoms with E-state index in [1.165, 1.54) is 0 Å². The van der Waals surface area contributed by atoms with Crippen LogP contribution in [-0.4, -0.2) is 34.9 Å². The predicted molar refractivity (Wildman–Crippen MR) is 96.5 cm³/mol. The molecule has 0 bridgehead atoms. The maximum absolute atomic E-state index is 12.6. The van der Waals surface area contributed by atoms with Crippen molar-refractivity contribution in [2.45, 2.75) is 38.1 Å². The summed E-state index contributed by atoms with van der Waals surface area (Å²) in [4.78, 5) is 14.8. The first kappa shape index (κ1) is 16.7. The summed E-state index contributed by atoms with van der Waals surface area (Å²) in [6, 6.07) is 17.3. The lowest BCUT2D eigenvalue weighted by Gasteiger charge is -2.47. The molecule has 0 radical (unpaired) electrons. The number of phenolic OH excluding ortho intramolecular Hbond substituents is 1.